The summed E-state index contributed by atoms with van der Waals surface area (Å²) in [5.74, 6) is -0.115. The highest BCUT2D eigenvalue weighted by molar-refractivity contribution is 5.56. The Morgan fingerprint density at radius 2 is 2.11 bits per heavy atom. The van der Waals surface area contributed by atoms with E-state index in [1.807, 2.05) is 13.0 Å². The topological polar surface area (TPSA) is 29.3 Å². The summed E-state index contributed by atoms with van der Waals surface area (Å²) in [4.78, 5) is 2.32. The fourth-order valence-electron chi connectivity index (χ4n) is 2.44. The first-order chi connectivity index (χ1) is 8.67. The van der Waals surface area contributed by atoms with Gasteiger partial charge in [0.2, 0.25) is 0 Å². The Morgan fingerprint density at radius 1 is 1.39 bits per heavy atom. The minimum atomic E-state index is -0.115. The summed E-state index contributed by atoms with van der Waals surface area (Å²) in [7, 11) is 0. The van der Waals surface area contributed by atoms with Gasteiger partial charge in [-0.15, -0.1) is 0 Å². The Morgan fingerprint density at radius 3 is 2.67 bits per heavy atom. The Hall–Kier alpha value is -1.09. The smallest absolute Gasteiger partial charge is 0.128 e. The predicted octanol–water partition coefficient (Wildman–Crippen LogP) is 3.09. The van der Waals surface area contributed by atoms with Gasteiger partial charge in [-0.3, -0.25) is 0 Å². The number of halogens is 1. The van der Waals surface area contributed by atoms with E-state index in [0.717, 1.165) is 24.2 Å². The Labute approximate surface area is 109 Å². The van der Waals surface area contributed by atoms with Gasteiger partial charge in [-0.1, -0.05) is 13.0 Å². The number of hydrogen-bond donors (Lipinski definition) is 1. The molecule has 0 heterocycles. The van der Waals surface area contributed by atoms with Crippen LogP contribution in [-0.2, 0) is 6.42 Å². The summed E-state index contributed by atoms with van der Waals surface area (Å²) in [6, 6.07) is 6.02. The van der Waals surface area contributed by atoms with Crippen molar-refractivity contribution in [1.82, 2.24) is 0 Å². The van der Waals surface area contributed by atoms with Crippen molar-refractivity contribution in [3.05, 3.63) is 29.6 Å². The third kappa shape index (κ3) is 2.83. The van der Waals surface area contributed by atoms with Gasteiger partial charge in [-0.25, -0.2) is 4.39 Å². The van der Waals surface area contributed by atoms with Crippen molar-refractivity contribution in [2.75, 3.05) is 11.4 Å². The predicted molar refractivity (Wildman–Crippen MR) is 74.4 cm³/mol. The van der Waals surface area contributed by atoms with E-state index in [0.29, 0.717) is 12.5 Å². The molecular weight excluding hydrogens is 227 g/mol. The maximum absolute atomic E-state index is 14.0. The highest BCUT2D eigenvalue weighted by Gasteiger charge is 2.30. The highest BCUT2D eigenvalue weighted by atomic mass is 19.1. The summed E-state index contributed by atoms with van der Waals surface area (Å²) in [6.45, 7) is 5.11. The van der Waals surface area contributed by atoms with Crippen LogP contribution < -0.4 is 10.6 Å². The van der Waals surface area contributed by atoms with Gasteiger partial charge < -0.3 is 10.6 Å². The van der Waals surface area contributed by atoms with E-state index in [9.17, 15) is 4.39 Å². The number of nitrogens with zero attached hydrogens (tertiary/aromatic N) is 1. The molecule has 0 bridgehead atoms. The van der Waals surface area contributed by atoms with Gasteiger partial charge in [0.15, 0.2) is 0 Å². The van der Waals surface area contributed by atoms with Crippen molar-refractivity contribution >= 4 is 5.69 Å². The third-order valence-corrected chi connectivity index (χ3v) is 3.72. The second-order valence-corrected chi connectivity index (χ2v) is 5.13. The normalized spacial score (nSPS) is 16.7. The molecule has 100 valence electrons. The molecule has 2 N–H and O–H groups in total. The van der Waals surface area contributed by atoms with E-state index >= 15 is 0 Å². The molecule has 0 aromatic heterocycles. The molecule has 1 aliphatic rings. The molecule has 2 rings (SSSR count). The minimum Gasteiger partial charge on any atom is -0.369 e. The SMILES string of the molecule is CCC(N)Cc1c(F)cccc1N(CC)C1CC1. The maximum atomic E-state index is 14.0. The minimum absolute atomic E-state index is 0.0403. The van der Waals surface area contributed by atoms with E-state index < -0.39 is 0 Å². The van der Waals surface area contributed by atoms with Crippen LogP contribution in [0.4, 0.5) is 10.1 Å². The highest BCUT2D eigenvalue weighted by Crippen LogP contribution is 2.34. The Bertz CT molecular complexity index is 401. The molecule has 1 aliphatic carbocycles. The molecule has 0 aliphatic heterocycles. The van der Waals surface area contributed by atoms with Crippen molar-refractivity contribution in [2.45, 2.75) is 51.6 Å². The van der Waals surface area contributed by atoms with E-state index in [2.05, 4.69) is 11.8 Å². The lowest BCUT2D eigenvalue weighted by atomic mass is 10.0. The summed E-state index contributed by atoms with van der Waals surface area (Å²) in [5, 5.41) is 0. The van der Waals surface area contributed by atoms with Crippen LogP contribution in [0.1, 0.15) is 38.7 Å². The van der Waals surface area contributed by atoms with Crippen molar-refractivity contribution in [1.29, 1.82) is 0 Å². The van der Waals surface area contributed by atoms with Gasteiger partial charge in [0, 0.05) is 29.9 Å². The van der Waals surface area contributed by atoms with Gasteiger partial charge in [-0.05, 0) is 44.7 Å². The zero-order valence-electron chi connectivity index (χ0n) is 11.3. The van der Waals surface area contributed by atoms with Crippen molar-refractivity contribution in [3.63, 3.8) is 0 Å². The lowest BCUT2D eigenvalue weighted by Gasteiger charge is -2.26. The molecule has 1 atom stereocenters. The first kappa shape index (κ1) is 13.3. The largest absolute Gasteiger partial charge is 0.369 e. The number of rotatable bonds is 6. The average molecular weight is 250 g/mol. The monoisotopic (exact) mass is 250 g/mol. The van der Waals surface area contributed by atoms with E-state index in [4.69, 9.17) is 5.73 Å². The second-order valence-electron chi connectivity index (χ2n) is 5.13. The van der Waals surface area contributed by atoms with Crippen LogP contribution in [0.25, 0.3) is 0 Å². The lowest BCUT2D eigenvalue weighted by molar-refractivity contribution is 0.577. The average Bonchev–Trinajstić information content (AvgIpc) is 3.18. The molecule has 0 amide bonds. The maximum Gasteiger partial charge on any atom is 0.128 e. The molecule has 18 heavy (non-hydrogen) atoms. The lowest BCUT2D eigenvalue weighted by Crippen LogP contribution is -2.29. The number of benzene rings is 1. The van der Waals surface area contributed by atoms with Gasteiger partial charge in [0.1, 0.15) is 5.82 Å². The van der Waals surface area contributed by atoms with Gasteiger partial charge in [0.05, 0.1) is 0 Å². The summed E-state index contributed by atoms with van der Waals surface area (Å²) in [5.41, 5.74) is 7.83. The standard InChI is InChI=1S/C15H23FN2/c1-3-11(17)10-13-14(16)6-5-7-15(13)18(4-2)12-8-9-12/h5-7,11-12H,3-4,8-10,17H2,1-2H3. The van der Waals surface area contributed by atoms with Crippen LogP contribution in [0.15, 0.2) is 18.2 Å². The molecule has 1 aromatic rings. The molecule has 1 aromatic carbocycles. The Balaban J connectivity index is 2.30. The fourth-order valence-corrected chi connectivity index (χ4v) is 2.44. The third-order valence-electron chi connectivity index (χ3n) is 3.72. The van der Waals surface area contributed by atoms with Gasteiger partial charge in [0.25, 0.3) is 0 Å². The molecule has 1 fully saturated rings. The first-order valence-electron chi connectivity index (χ1n) is 6.97. The Kier molecular flexibility index (Phi) is 4.23. The summed E-state index contributed by atoms with van der Waals surface area (Å²) in [6.07, 6.45) is 3.96. The first-order valence-corrected chi connectivity index (χ1v) is 6.97. The molecule has 0 radical (unpaired) electrons. The van der Waals surface area contributed by atoms with Crippen LogP contribution in [0, 0.1) is 5.82 Å². The van der Waals surface area contributed by atoms with Crippen LogP contribution in [0.2, 0.25) is 0 Å². The molecule has 1 unspecified atom stereocenters. The number of hydrogen-bond acceptors (Lipinski definition) is 2. The van der Waals surface area contributed by atoms with Crippen LogP contribution in [0.3, 0.4) is 0 Å². The molecule has 0 saturated heterocycles. The van der Waals surface area contributed by atoms with E-state index in [1.165, 1.54) is 12.8 Å². The quantitative estimate of drug-likeness (QED) is 0.840. The number of nitrogens with two attached hydrogens (primary N) is 1. The zero-order valence-corrected chi connectivity index (χ0v) is 11.3. The van der Waals surface area contributed by atoms with Crippen LogP contribution in [0.5, 0.6) is 0 Å². The van der Waals surface area contributed by atoms with Crippen LogP contribution in [-0.4, -0.2) is 18.6 Å². The molecule has 1 saturated carbocycles. The number of anilines is 1. The van der Waals surface area contributed by atoms with Crippen molar-refractivity contribution in [2.24, 2.45) is 5.73 Å². The second kappa shape index (κ2) is 5.70. The van der Waals surface area contributed by atoms with E-state index in [-0.39, 0.29) is 11.9 Å². The molecular formula is C15H23FN2. The zero-order chi connectivity index (χ0) is 13.1. The summed E-state index contributed by atoms with van der Waals surface area (Å²) >= 11 is 0. The van der Waals surface area contributed by atoms with Crippen LogP contribution >= 0.6 is 0 Å². The fraction of sp³-hybridized carbons (Fsp3) is 0.600. The molecule has 0 spiro atoms. The van der Waals surface area contributed by atoms with Gasteiger partial charge >= 0.3 is 0 Å². The van der Waals surface area contributed by atoms with E-state index in [1.54, 1.807) is 12.1 Å². The molecule has 2 nitrogen and oxygen atoms in total. The van der Waals surface area contributed by atoms with Gasteiger partial charge in [-0.2, -0.15) is 0 Å². The van der Waals surface area contributed by atoms with Crippen molar-refractivity contribution < 1.29 is 4.39 Å². The van der Waals surface area contributed by atoms with Crippen molar-refractivity contribution in [3.8, 4) is 0 Å². The molecule has 3 heteroatoms. The summed E-state index contributed by atoms with van der Waals surface area (Å²) < 4.78 is 14.0.